The van der Waals surface area contributed by atoms with Crippen LogP contribution in [0.3, 0.4) is 0 Å². The number of sulfonamides is 2. The monoisotopic (exact) mass is 486 g/mol. The molecule has 8 nitrogen and oxygen atoms in total. The van der Waals surface area contributed by atoms with Gasteiger partial charge in [0, 0.05) is 18.8 Å². The number of hydrogen-bond acceptors (Lipinski definition) is 6. The average Bonchev–Trinajstić information content (AvgIpc) is 3.03. The van der Waals surface area contributed by atoms with Gasteiger partial charge in [0.15, 0.2) is 0 Å². The zero-order valence-electron chi connectivity index (χ0n) is 16.9. The second-order valence-corrected chi connectivity index (χ2v) is 11.1. The van der Waals surface area contributed by atoms with Gasteiger partial charge in [0.1, 0.15) is 0 Å². The van der Waals surface area contributed by atoms with E-state index >= 15 is 0 Å². The van der Waals surface area contributed by atoms with Crippen LogP contribution in [0, 0.1) is 0 Å². The van der Waals surface area contributed by atoms with Gasteiger partial charge in [0.25, 0.3) is 10.0 Å². The minimum absolute atomic E-state index is 0.0638. The highest BCUT2D eigenvalue weighted by molar-refractivity contribution is 7.92. The molecule has 0 spiro atoms. The third kappa shape index (κ3) is 5.38. The van der Waals surface area contributed by atoms with E-state index in [-0.39, 0.29) is 26.1 Å². The molecule has 0 unspecified atom stereocenters. The molecule has 2 aromatic carbocycles. The lowest BCUT2D eigenvalue weighted by Crippen LogP contribution is -2.31. The van der Waals surface area contributed by atoms with Gasteiger partial charge in [-0.25, -0.2) is 21.6 Å². The average molecular weight is 487 g/mol. The Hall–Kier alpha value is -2.14. The molecule has 2 aromatic rings. The van der Waals surface area contributed by atoms with Gasteiger partial charge in [-0.3, -0.25) is 4.72 Å². The summed E-state index contributed by atoms with van der Waals surface area (Å²) in [6.45, 7) is 0.964. The first-order chi connectivity index (χ1) is 14.6. The van der Waals surface area contributed by atoms with Gasteiger partial charge in [-0.2, -0.15) is 4.31 Å². The maximum absolute atomic E-state index is 12.9. The van der Waals surface area contributed by atoms with Gasteiger partial charge < -0.3 is 4.74 Å². The van der Waals surface area contributed by atoms with E-state index in [1.807, 2.05) is 0 Å². The van der Waals surface area contributed by atoms with Crippen molar-refractivity contribution in [3.63, 3.8) is 0 Å². The molecule has 11 heteroatoms. The number of carbonyl (C=O) groups is 1. The van der Waals surface area contributed by atoms with E-state index < -0.39 is 26.0 Å². The van der Waals surface area contributed by atoms with Gasteiger partial charge in [0.2, 0.25) is 10.0 Å². The van der Waals surface area contributed by atoms with E-state index in [4.69, 9.17) is 11.6 Å². The Labute approximate surface area is 187 Å². The largest absolute Gasteiger partial charge is 0.465 e. The first-order valence-electron chi connectivity index (χ1n) is 9.66. The summed E-state index contributed by atoms with van der Waals surface area (Å²) in [5, 5.41) is 0.0638. The summed E-state index contributed by atoms with van der Waals surface area (Å²) in [6, 6.07) is 9.20. The van der Waals surface area contributed by atoms with Gasteiger partial charge >= 0.3 is 5.97 Å². The second kappa shape index (κ2) is 9.56. The van der Waals surface area contributed by atoms with Gasteiger partial charge in [-0.05, 0) is 55.3 Å². The molecule has 0 aromatic heterocycles. The van der Waals surface area contributed by atoms with Crippen molar-refractivity contribution in [3.05, 3.63) is 53.1 Å². The third-order valence-corrected chi connectivity index (χ3v) is 8.58. The van der Waals surface area contributed by atoms with Crippen LogP contribution in [-0.2, 0) is 24.8 Å². The Morgan fingerprint density at radius 3 is 2.10 bits per heavy atom. The third-order valence-electron chi connectivity index (χ3n) is 4.96. The molecule has 1 aliphatic heterocycles. The van der Waals surface area contributed by atoms with Crippen LogP contribution in [0.15, 0.2) is 52.3 Å². The fourth-order valence-corrected chi connectivity index (χ4v) is 6.07. The van der Waals surface area contributed by atoms with Crippen LogP contribution < -0.4 is 4.72 Å². The molecule has 1 fully saturated rings. The van der Waals surface area contributed by atoms with Crippen LogP contribution in [0.25, 0.3) is 0 Å². The number of methoxy groups -OCH3 is 1. The van der Waals surface area contributed by atoms with Crippen molar-refractivity contribution in [1.29, 1.82) is 0 Å². The molecule has 0 bridgehead atoms. The molecule has 1 heterocycles. The standard InChI is InChI=1S/C20H23ClN2O6S2/c1-29-20(24)18-14-17(10-11-19(18)21)30(25,26)22-15-6-8-16(9-7-15)31(27,28)23-12-4-2-3-5-13-23/h6-11,14,22H,2-5,12-13H2,1H3. The smallest absolute Gasteiger partial charge is 0.339 e. The molecule has 0 aliphatic carbocycles. The Balaban J connectivity index is 1.81. The summed E-state index contributed by atoms with van der Waals surface area (Å²) in [7, 11) is -6.51. The molecule has 0 radical (unpaired) electrons. The number of ether oxygens (including phenoxy) is 1. The lowest BCUT2D eigenvalue weighted by Gasteiger charge is -2.20. The zero-order valence-corrected chi connectivity index (χ0v) is 19.3. The minimum Gasteiger partial charge on any atom is -0.465 e. The molecular weight excluding hydrogens is 464 g/mol. The van der Waals surface area contributed by atoms with Gasteiger partial charge in [-0.1, -0.05) is 24.4 Å². The van der Waals surface area contributed by atoms with Crippen molar-refractivity contribution in [3.8, 4) is 0 Å². The Kier molecular flexibility index (Phi) is 7.25. The highest BCUT2D eigenvalue weighted by atomic mass is 35.5. The van der Waals surface area contributed by atoms with E-state index in [2.05, 4.69) is 9.46 Å². The van der Waals surface area contributed by atoms with Crippen molar-refractivity contribution in [2.75, 3.05) is 24.9 Å². The van der Waals surface area contributed by atoms with E-state index in [0.717, 1.165) is 31.7 Å². The molecule has 1 N–H and O–H groups in total. The second-order valence-electron chi connectivity index (χ2n) is 7.08. The van der Waals surface area contributed by atoms with Crippen LogP contribution >= 0.6 is 11.6 Å². The van der Waals surface area contributed by atoms with Crippen LogP contribution in [-0.4, -0.2) is 47.3 Å². The summed E-state index contributed by atoms with van der Waals surface area (Å²) < 4.78 is 59.6. The molecule has 1 saturated heterocycles. The first kappa shape index (κ1) is 23.5. The number of halogens is 1. The number of nitrogens with one attached hydrogen (secondary N) is 1. The van der Waals surface area contributed by atoms with Crippen LogP contribution in [0.5, 0.6) is 0 Å². The predicted octanol–water partition coefficient (Wildman–Crippen LogP) is 3.49. The topological polar surface area (TPSA) is 110 Å². The Morgan fingerprint density at radius 1 is 0.935 bits per heavy atom. The maximum Gasteiger partial charge on any atom is 0.339 e. The van der Waals surface area contributed by atoms with Crippen molar-refractivity contribution in [2.24, 2.45) is 0 Å². The molecule has 3 rings (SSSR count). The summed E-state index contributed by atoms with van der Waals surface area (Å²) >= 11 is 5.94. The molecule has 31 heavy (non-hydrogen) atoms. The van der Waals surface area contributed by atoms with Crippen LogP contribution in [0.1, 0.15) is 36.0 Å². The number of rotatable bonds is 6. The lowest BCUT2D eigenvalue weighted by atomic mass is 10.2. The number of anilines is 1. The predicted molar refractivity (Wildman–Crippen MR) is 117 cm³/mol. The molecular formula is C20H23ClN2O6S2. The molecule has 0 atom stereocenters. The number of benzene rings is 2. The fraction of sp³-hybridized carbons (Fsp3) is 0.350. The van der Waals surface area contributed by atoms with Crippen LogP contribution in [0.2, 0.25) is 5.02 Å². The quantitative estimate of drug-likeness (QED) is 0.626. The molecule has 168 valence electrons. The number of nitrogens with zero attached hydrogens (tertiary/aromatic N) is 1. The van der Waals surface area contributed by atoms with Crippen molar-refractivity contribution < 1.29 is 26.4 Å². The highest BCUT2D eigenvalue weighted by Crippen LogP contribution is 2.25. The SMILES string of the molecule is COC(=O)c1cc(S(=O)(=O)Nc2ccc(S(=O)(=O)N3CCCCCC3)cc2)ccc1Cl. The normalized spacial score (nSPS) is 15.8. The fourth-order valence-electron chi connectivity index (χ4n) is 3.28. The molecule has 0 amide bonds. The van der Waals surface area contributed by atoms with E-state index in [9.17, 15) is 21.6 Å². The molecule has 0 saturated carbocycles. The van der Waals surface area contributed by atoms with Gasteiger partial charge in [-0.15, -0.1) is 0 Å². The number of hydrogen-bond donors (Lipinski definition) is 1. The zero-order chi connectivity index (χ0) is 22.6. The number of esters is 1. The first-order valence-corrected chi connectivity index (χ1v) is 13.0. The van der Waals surface area contributed by atoms with E-state index in [0.29, 0.717) is 13.1 Å². The number of carbonyl (C=O) groups excluding carboxylic acids is 1. The molecule has 1 aliphatic rings. The van der Waals surface area contributed by atoms with Crippen molar-refractivity contribution >= 4 is 43.3 Å². The highest BCUT2D eigenvalue weighted by Gasteiger charge is 2.25. The summed E-state index contributed by atoms with van der Waals surface area (Å²) in [6.07, 6.45) is 3.67. The van der Waals surface area contributed by atoms with Crippen LogP contribution in [0.4, 0.5) is 5.69 Å². The summed E-state index contributed by atoms with van der Waals surface area (Å²) in [5.41, 5.74) is 0.107. The lowest BCUT2D eigenvalue weighted by molar-refractivity contribution is 0.0600. The van der Waals surface area contributed by atoms with E-state index in [1.165, 1.54) is 47.8 Å². The van der Waals surface area contributed by atoms with Crippen molar-refractivity contribution in [1.82, 2.24) is 4.31 Å². The summed E-state index contributed by atoms with van der Waals surface area (Å²) in [5.74, 6) is -0.759. The van der Waals surface area contributed by atoms with Crippen molar-refractivity contribution in [2.45, 2.75) is 35.5 Å². The Bertz CT molecular complexity index is 1160. The summed E-state index contributed by atoms with van der Waals surface area (Å²) in [4.78, 5) is 11.7. The Morgan fingerprint density at radius 2 is 1.52 bits per heavy atom. The minimum atomic E-state index is -4.04. The maximum atomic E-state index is 12.9. The van der Waals surface area contributed by atoms with Gasteiger partial charge in [0.05, 0.1) is 27.5 Å². The van der Waals surface area contributed by atoms with E-state index in [1.54, 1.807) is 0 Å².